The van der Waals surface area contributed by atoms with Crippen LogP contribution < -0.4 is 16.0 Å². The summed E-state index contributed by atoms with van der Waals surface area (Å²) in [5.41, 5.74) is 2.08. The number of nitrogens with zero attached hydrogens (tertiary/aromatic N) is 1. The molecule has 0 aromatic heterocycles. The summed E-state index contributed by atoms with van der Waals surface area (Å²) in [6, 6.07) is 7.16. The highest BCUT2D eigenvalue weighted by molar-refractivity contribution is 6.09. The summed E-state index contributed by atoms with van der Waals surface area (Å²) in [6.45, 7) is 1.91. The predicted octanol–water partition coefficient (Wildman–Crippen LogP) is 0.838. The first-order chi connectivity index (χ1) is 12.6. The van der Waals surface area contributed by atoms with Crippen molar-refractivity contribution in [2.45, 2.75) is 24.8 Å². The van der Waals surface area contributed by atoms with Crippen LogP contribution in [0.15, 0.2) is 35.9 Å². The van der Waals surface area contributed by atoms with Crippen LogP contribution in [-0.2, 0) is 21.5 Å². The van der Waals surface area contributed by atoms with Gasteiger partial charge in [-0.15, -0.1) is 12.4 Å². The summed E-state index contributed by atoms with van der Waals surface area (Å²) < 4.78 is 0. The van der Waals surface area contributed by atoms with Crippen LogP contribution in [-0.4, -0.2) is 48.9 Å². The maximum absolute atomic E-state index is 13.0. The van der Waals surface area contributed by atoms with E-state index in [-0.39, 0.29) is 30.8 Å². The summed E-state index contributed by atoms with van der Waals surface area (Å²) in [7, 11) is 0. The number of hydrogen-bond donors (Lipinski definition) is 3. The number of urea groups is 1. The topological polar surface area (TPSA) is 90.5 Å². The van der Waals surface area contributed by atoms with E-state index in [0.717, 1.165) is 47.5 Å². The van der Waals surface area contributed by atoms with Crippen LogP contribution in [0.2, 0.25) is 0 Å². The fraction of sp³-hybridized carbons (Fsp3) is 0.421. The summed E-state index contributed by atoms with van der Waals surface area (Å²) in [5.74, 6) is -0.653. The van der Waals surface area contributed by atoms with Crippen LogP contribution in [0.3, 0.4) is 0 Å². The van der Waals surface area contributed by atoms with Gasteiger partial charge in [0.2, 0.25) is 5.91 Å². The first-order valence-corrected chi connectivity index (χ1v) is 8.98. The van der Waals surface area contributed by atoms with Crippen molar-refractivity contribution in [3.05, 3.63) is 47.0 Å². The molecule has 3 aliphatic rings. The maximum atomic E-state index is 13.0. The highest BCUT2D eigenvalue weighted by atomic mass is 35.5. The Bertz CT molecular complexity index is 810. The van der Waals surface area contributed by atoms with E-state index in [2.05, 4.69) is 22.0 Å². The first kappa shape index (κ1) is 19.4. The molecular formula is C19H23ClN4O3. The van der Waals surface area contributed by atoms with Gasteiger partial charge in [-0.3, -0.25) is 14.5 Å². The van der Waals surface area contributed by atoms with E-state index in [1.54, 1.807) is 0 Å². The Kier molecular flexibility index (Phi) is 5.53. The largest absolute Gasteiger partial charge is 0.351 e. The quantitative estimate of drug-likeness (QED) is 0.525. The number of imide groups is 1. The highest BCUT2D eigenvalue weighted by Crippen LogP contribution is 2.41. The minimum absolute atomic E-state index is 0. The lowest BCUT2D eigenvalue weighted by atomic mass is 9.92. The molecule has 3 N–H and O–H groups in total. The minimum atomic E-state index is -1.01. The second-order valence-electron chi connectivity index (χ2n) is 6.98. The molecule has 1 atom stereocenters. The molecule has 4 amide bonds. The lowest BCUT2D eigenvalue weighted by molar-refractivity contribution is -0.135. The van der Waals surface area contributed by atoms with Crippen LogP contribution in [0, 0.1) is 0 Å². The van der Waals surface area contributed by atoms with Gasteiger partial charge in [-0.25, -0.2) is 4.79 Å². The van der Waals surface area contributed by atoms with Crippen molar-refractivity contribution in [2.24, 2.45) is 0 Å². The number of rotatable bonds is 4. The number of carbonyl (C=O) groups excluding carboxylic acids is 3. The Morgan fingerprint density at radius 2 is 2.04 bits per heavy atom. The standard InChI is InChI=1S/C19H22N4O3.ClH/c24-16(21-11-13-6-9-20-10-7-13)12-23-17(25)19(22-18(23)26)8-5-14-3-1-2-4-15(14)19;/h1-4,6,20H,5,7-12H2,(H,21,24)(H,22,26);1H. The third-order valence-electron chi connectivity index (χ3n) is 5.39. The van der Waals surface area contributed by atoms with Crippen molar-refractivity contribution in [1.82, 2.24) is 20.9 Å². The number of carbonyl (C=O) groups is 3. The smallest absolute Gasteiger partial charge is 0.325 e. The molecule has 1 aliphatic carbocycles. The Morgan fingerprint density at radius 1 is 1.22 bits per heavy atom. The van der Waals surface area contributed by atoms with E-state index in [0.29, 0.717) is 13.0 Å². The molecule has 8 heteroatoms. The van der Waals surface area contributed by atoms with Gasteiger partial charge in [0.25, 0.3) is 5.91 Å². The summed E-state index contributed by atoms with van der Waals surface area (Å²) >= 11 is 0. The number of aryl methyl sites for hydroxylation is 1. The molecule has 7 nitrogen and oxygen atoms in total. The predicted molar refractivity (Wildman–Crippen MR) is 103 cm³/mol. The van der Waals surface area contributed by atoms with Gasteiger partial charge in [0.1, 0.15) is 12.1 Å². The van der Waals surface area contributed by atoms with Gasteiger partial charge in [-0.1, -0.05) is 35.9 Å². The van der Waals surface area contributed by atoms with Crippen molar-refractivity contribution in [3.63, 3.8) is 0 Å². The summed E-state index contributed by atoms with van der Waals surface area (Å²) in [6.07, 6.45) is 4.23. The summed E-state index contributed by atoms with van der Waals surface area (Å²) in [4.78, 5) is 38.7. The number of fused-ring (bicyclic) bond motifs is 2. The molecule has 4 rings (SSSR count). The molecule has 0 radical (unpaired) electrons. The molecule has 27 heavy (non-hydrogen) atoms. The Balaban J connectivity index is 0.00000210. The third-order valence-corrected chi connectivity index (χ3v) is 5.39. The minimum Gasteiger partial charge on any atom is -0.351 e. The molecule has 2 heterocycles. The Morgan fingerprint density at radius 3 is 2.81 bits per heavy atom. The van der Waals surface area contributed by atoms with Gasteiger partial charge in [0.15, 0.2) is 0 Å². The fourth-order valence-corrected chi connectivity index (χ4v) is 3.97. The van der Waals surface area contributed by atoms with Gasteiger partial charge < -0.3 is 16.0 Å². The lowest BCUT2D eigenvalue weighted by Gasteiger charge is -2.22. The van der Waals surface area contributed by atoms with E-state index in [1.165, 1.54) is 0 Å². The molecule has 0 saturated carbocycles. The monoisotopic (exact) mass is 390 g/mol. The first-order valence-electron chi connectivity index (χ1n) is 8.98. The van der Waals surface area contributed by atoms with Crippen molar-refractivity contribution in [2.75, 3.05) is 26.2 Å². The van der Waals surface area contributed by atoms with E-state index >= 15 is 0 Å². The van der Waals surface area contributed by atoms with Crippen LogP contribution in [0.1, 0.15) is 24.0 Å². The van der Waals surface area contributed by atoms with E-state index in [1.807, 2.05) is 24.3 Å². The zero-order chi connectivity index (χ0) is 18.1. The molecule has 1 fully saturated rings. The molecule has 144 valence electrons. The normalized spacial score (nSPS) is 23.6. The number of amides is 4. The lowest BCUT2D eigenvalue weighted by Crippen LogP contribution is -2.44. The van der Waals surface area contributed by atoms with E-state index in [9.17, 15) is 14.4 Å². The highest BCUT2D eigenvalue weighted by Gasteiger charge is 2.55. The SMILES string of the molecule is Cl.O=C(CN1C(=O)NC2(CCc3ccccc32)C1=O)NCC1=CCNCC1. The van der Waals surface area contributed by atoms with Gasteiger partial charge in [0, 0.05) is 13.1 Å². The Hall–Kier alpha value is -2.38. The van der Waals surface area contributed by atoms with E-state index in [4.69, 9.17) is 0 Å². The van der Waals surface area contributed by atoms with Crippen molar-refractivity contribution < 1.29 is 14.4 Å². The second kappa shape index (κ2) is 7.70. The van der Waals surface area contributed by atoms with Crippen LogP contribution in [0.4, 0.5) is 4.79 Å². The molecule has 2 aliphatic heterocycles. The summed E-state index contributed by atoms with van der Waals surface area (Å²) in [5, 5.41) is 8.86. The van der Waals surface area contributed by atoms with Crippen molar-refractivity contribution in [1.29, 1.82) is 0 Å². The molecule has 1 unspecified atom stereocenters. The van der Waals surface area contributed by atoms with Gasteiger partial charge in [-0.05, 0) is 36.9 Å². The van der Waals surface area contributed by atoms with Gasteiger partial charge >= 0.3 is 6.03 Å². The molecule has 1 saturated heterocycles. The second-order valence-corrected chi connectivity index (χ2v) is 6.98. The number of nitrogens with one attached hydrogen (secondary N) is 3. The van der Waals surface area contributed by atoms with E-state index < -0.39 is 11.6 Å². The van der Waals surface area contributed by atoms with Gasteiger partial charge in [-0.2, -0.15) is 0 Å². The number of halogens is 1. The van der Waals surface area contributed by atoms with Crippen molar-refractivity contribution in [3.8, 4) is 0 Å². The van der Waals surface area contributed by atoms with Crippen LogP contribution in [0.25, 0.3) is 0 Å². The maximum Gasteiger partial charge on any atom is 0.325 e. The molecule has 1 aromatic rings. The molecule has 1 aromatic carbocycles. The zero-order valence-electron chi connectivity index (χ0n) is 14.9. The molecular weight excluding hydrogens is 368 g/mol. The van der Waals surface area contributed by atoms with Crippen LogP contribution in [0.5, 0.6) is 0 Å². The molecule has 1 spiro atoms. The average Bonchev–Trinajstić information content (AvgIpc) is 3.15. The average molecular weight is 391 g/mol. The van der Waals surface area contributed by atoms with Crippen molar-refractivity contribution >= 4 is 30.3 Å². The van der Waals surface area contributed by atoms with Crippen LogP contribution >= 0.6 is 12.4 Å². The Labute approximate surface area is 164 Å². The zero-order valence-corrected chi connectivity index (χ0v) is 15.7. The third kappa shape index (κ3) is 3.44. The van der Waals surface area contributed by atoms with Gasteiger partial charge in [0.05, 0.1) is 0 Å². The fourth-order valence-electron chi connectivity index (χ4n) is 3.97. The molecule has 0 bridgehead atoms. The number of benzene rings is 1. The number of hydrogen-bond acceptors (Lipinski definition) is 4.